The Kier molecular flexibility index (Phi) is 7.09. The van der Waals surface area contributed by atoms with Crippen LogP contribution in [0.4, 0.5) is 0 Å². The molecule has 3 nitrogen and oxygen atoms in total. The molecular formula is C17H27NO2S. The molecule has 0 saturated heterocycles. The van der Waals surface area contributed by atoms with Gasteiger partial charge in [0.25, 0.3) is 0 Å². The van der Waals surface area contributed by atoms with Gasteiger partial charge in [-0.3, -0.25) is 4.79 Å². The zero-order chi connectivity index (χ0) is 16.0. The summed E-state index contributed by atoms with van der Waals surface area (Å²) in [5, 5.41) is 3.06. The third-order valence-electron chi connectivity index (χ3n) is 3.49. The monoisotopic (exact) mass is 309 g/mol. The van der Waals surface area contributed by atoms with Gasteiger partial charge in [-0.25, -0.2) is 0 Å². The smallest absolute Gasteiger partial charge is 0.233 e. The number of carbonyl (C=O) groups is 1. The maximum Gasteiger partial charge on any atom is 0.233 e. The molecular weight excluding hydrogens is 282 g/mol. The van der Waals surface area contributed by atoms with Crippen LogP contribution in [-0.4, -0.2) is 24.3 Å². The van der Waals surface area contributed by atoms with E-state index in [1.54, 1.807) is 18.9 Å². The zero-order valence-electron chi connectivity index (χ0n) is 13.8. The van der Waals surface area contributed by atoms with Gasteiger partial charge in [0.1, 0.15) is 5.75 Å². The minimum Gasteiger partial charge on any atom is -0.497 e. The van der Waals surface area contributed by atoms with Gasteiger partial charge in [0.2, 0.25) is 5.91 Å². The summed E-state index contributed by atoms with van der Waals surface area (Å²) < 4.78 is 5.14. The highest BCUT2D eigenvalue weighted by molar-refractivity contribution is 8.00. The lowest BCUT2D eigenvalue weighted by Gasteiger charge is -2.27. The van der Waals surface area contributed by atoms with Crippen molar-refractivity contribution in [1.29, 1.82) is 0 Å². The Morgan fingerprint density at radius 1 is 1.05 bits per heavy atom. The number of benzene rings is 1. The van der Waals surface area contributed by atoms with Crippen LogP contribution in [0, 0.1) is 11.8 Å². The SMILES string of the molecule is COc1ccc(S[C@@H](C)C(=O)NC(C(C)C)C(C)C)cc1. The molecule has 0 heterocycles. The molecule has 0 aliphatic heterocycles. The standard InChI is InChI=1S/C17H27NO2S/c1-11(2)16(12(3)4)18-17(19)13(5)21-15-9-7-14(20-6)8-10-15/h7-13,16H,1-6H3,(H,18,19)/t13-/m0/s1. The molecule has 0 radical (unpaired) electrons. The van der Waals surface area contributed by atoms with Crippen LogP contribution in [0.25, 0.3) is 0 Å². The molecule has 0 bridgehead atoms. The first-order valence-electron chi connectivity index (χ1n) is 7.46. The quantitative estimate of drug-likeness (QED) is 0.774. The van der Waals surface area contributed by atoms with Crippen LogP contribution in [0.15, 0.2) is 29.2 Å². The Balaban J connectivity index is 2.61. The highest BCUT2D eigenvalue weighted by atomic mass is 32.2. The summed E-state index contributed by atoms with van der Waals surface area (Å²) in [6.07, 6.45) is 0. The highest BCUT2D eigenvalue weighted by Crippen LogP contribution is 2.26. The second kappa shape index (κ2) is 8.32. The third kappa shape index (κ3) is 5.62. The van der Waals surface area contributed by atoms with Crippen LogP contribution < -0.4 is 10.1 Å². The third-order valence-corrected chi connectivity index (χ3v) is 4.60. The number of hydrogen-bond donors (Lipinski definition) is 1. The summed E-state index contributed by atoms with van der Waals surface area (Å²) in [7, 11) is 1.65. The van der Waals surface area contributed by atoms with Gasteiger partial charge >= 0.3 is 0 Å². The number of ether oxygens (including phenoxy) is 1. The fraction of sp³-hybridized carbons (Fsp3) is 0.588. The van der Waals surface area contributed by atoms with Crippen molar-refractivity contribution in [3.63, 3.8) is 0 Å². The Labute approximate surface area is 132 Å². The molecule has 1 N–H and O–H groups in total. The molecule has 1 aromatic carbocycles. The summed E-state index contributed by atoms with van der Waals surface area (Å²) >= 11 is 1.57. The van der Waals surface area contributed by atoms with Crippen LogP contribution in [-0.2, 0) is 4.79 Å². The summed E-state index contributed by atoms with van der Waals surface area (Å²) in [4.78, 5) is 13.4. The normalized spacial score (nSPS) is 12.8. The number of carbonyl (C=O) groups excluding carboxylic acids is 1. The fourth-order valence-corrected chi connectivity index (χ4v) is 3.17. The van der Waals surface area contributed by atoms with Crippen molar-refractivity contribution in [2.75, 3.05) is 7.11 Å². The number of amides is 1. The summed E-state index contributed by atoms with van der Waals surface area (Å²) in [5.74, 6) is 1.80. The van der Waals surface area contributed by atoms with Gasteiger partial charge in [0, 0.05) is 10.9 Å². The minimum absolute atomic E-state index is 0.100. The average Bonchev–Trinajstić information content (AvgIpc) is 2.44. The lowest BCUT2D eigenvalue weighted by atomic mass is 9.93. The van der Waals surface area contributed by atoms with Crippen LogP contribution in [0.2, 0.25) is 0 Å². The Morgan fingerprint density at radius 3 is 2.00 bits per heavy atom. The molecule has 0 aliphatic rings. The molecule has 1 rings (SSSR count). The van der Waals surface area contributed by atoms with E-state index in [-0.39, 0.29) is 17.2 Å². The van der Waals surface area contributed by atoms with E-state index in [1.807, 2.05) is 31.2 Å². The lowest BCUT2D eigenvalue weighted by Crippen LogP contribution is -2.45. The summed E-state index contributed by atoms with van der Waals surface area (Å²) in [5.41, 5.74) is 0. The second-order valence-electron chi connectivity index (χ2n) is 5.96. The van der Waals surface area contributed by atoms with Gasteiger partial charge in [-0.2, -0.15) is 0 Å². The van der Waals surface area contributed by atoms with E-state index in [9.17, 15) is 4.79 Å². The highest BCUT2D eigenvalue weighted by Gasteiger charge is 2.23. The van der Waals surface area contributed by atoms with Crippen molar-refractivity contribution in [2.45, 2.75) is 50.8 Å². The van der Waals surface area contributed by atoms with Gasteiger partial charge in [-0.1, -0.05) is 27.7 Å². The van der Waals surface area contributed by atoms with Gasteiger partial charge in [0.15, 0.2) is 0 Å². The molecule has 0 aromatic heterocycles. The molecule has 118 valence electrons. The molecule has 0 spiro atoms. The van der Waals surface area contributed by atoms with Crippen molar-refractivity contribution in [3.8, 4) is 5.75 Å². The number of rotatable bonds is 7. The van der Waals surface area contributed by atoms with Crippen LogP contribution in [0.1, 0.15) is 34.6 Å². The maximum atomic E-state index is 12.3. The van der Waals surface area contributed by atoms with Crippen molar-refractivity contribution in [3.05, 3.63) is 24.3 Å². The summed E-state index contributed by atoms with van der Waals surface area (Å²) in [6, 6.07) is 8.01. The first kappa shape index (κ1) is 17.9. The van der Waals surface area contributed by atoms with Crippen molar-refractivity contribution >= 4 is 17.7 Å². The van der Waals surface area contributed by atoms with Gasteiger partial charge in [0.05, 0.1) is 12.4 Å². The van der Waals surface area contributed by atoms with Crippen LogP contribution in [0.5, 0.6) is 5.75 Å². The first-order chi connectivity index (χ1) is 9.85. The average molecular weight is 309 g/mol. The molecule has 1 amide bonds. The van der Waals surface area contributed by atoms with E-state index in [0.29, 0.717) is 11.8 Å². The van der Waals surface area contributed by atoms with Crippen molar-refractivity contribution in [1.82, 2.24) is 5.32 Å². The molecule has 4 heteroatoms. The molecule has 21 heavy (non-hydrogen) atoms. The number of hydrogen-bond acceptors (Lipinski definition) is 3. The Bertz CT molecular complexity index is 435. The maximum absolute atomic E-state index is 12.3. The van der Waals surface area contributed by atoms with Crippen molar-refractivity contribution < 1.29 is 9.53 Å². The molecule has 0 saturated carbocycles. The van der Waals surface area contributed by atoms with Crippen molar-refractivity contribution in [2.24, 2.45) is 11.8 Å². The summed E-state index contributed by atoms with van der Waals surface area (Å²) in [6.45, 7) is 10.5. The predicted molar refractivity (Wildman–Crippen MR) is 89.9 cm³/mol. The minimum atomic E-state index is -0.113. The number of nitrogens with one attached hydrogen (secondary N) is 1. The fourth-order valence-electron chi connectivity index (χ4n) is 2.30. The Hall–Kier alpha value is -1.16. The van der Waals surface area contributed by atoms with Gasteiger partial charge < -0.3 is 10.1 Å². The Morgan fingerprint density at radius 2 is 1.57 bits per heavy atom. The topological polar surface area (TPSA) is 38.3 Å². The molecule has 1 atom stereocenters. The van der Waals surface area contributed by atoms with Gasteiger partial charge in [-0.05, 0) is 43.0 Å². The molecule has 1 aromatic rings. The zero-order valence-corrected chi connectivity index (χ0v) is 14.7. The van der Waals surface area contributed by atoms with E-state index < -0.39 is 0 Å². The molecule has 0 fully saturated rings. The number of methoxy groups -OCH3 is 1. The van der Waals surface area contributed by atoms with Crippen LogP contribution >= 0.6 is 11.8 Å². The molecule has 0 unspecified atom stereocenters. The molecule has 0 aliphatic carbocycles. The van der Waals surface area contributed by atoms with E-state index in [4.69, 9.17) is 4.74 Å². The number of thioether (sulfide) groups is 1. The first-order valence-corrected chi connectivity index (χ1v) is 8.34. The van der Waals surface area contributed by atoms with Crippen LogP contribution in [0.3, 0.4) is 0 Å². The second-order valence-corrected chi connectivity index (χ2v) is 7.37. The van der Waals surface area contributed by atoms with E-state index >= 15 is 0 Å². The van der Waals surface area contributed by atoms with E-state index in [1.165, 1.54) is 0 Å². The van der Waals surface area contributed by atoms with Gasteiger partial charge in [-0.15, -0.1) is 11.8 Å². The predicted octanol–water partition coefficient (Wildman–Crippen LogP) is 3.97. The largest absolute Gasteiger partial charge is 0.497 e. The van der Waals surface area contributed by atoms with E-state index in [0.717, 1.165) is 10.6 Å². The lowest BCUT2D eigenvalue weighted by molar-refractivity contribution is -0.121. The van der Waals surface area contributed by atoms with E-state index in [2.05, 4.69) is 33.0 Å².